The van der Waals surface area contributed by atoms with Crippen LogP contribution in [0.1, 0.15) is 12.6 Å². The molecule has 0 fully saturated rings. The van der Waals surface area contributed by atoms with Gasteiger partial charge in [-0.25, -0.2) is 0 Å². The molecule has 0 aliphatic heterocycles. The van der Waals surface area contributed by atoms with Gasteiger partial charge in [0.2, 0.25) is 0 Å². The number of aryl methyl sites for hydroxylation is 1. The Hall–Kier alpha value is -1.58. The fraction of sp³-hybridized carbons (Fsp3) is 0.333. The highest BCUT2D eigenvalue weighted by atomic mass is 15.2. The van der Waals surface area contributed by atoms with Crippen LogP contribution in [-0.2, 0) is 0 Å². The van der Waals surface area contributed by atoms with E-state index in [-0.39, 0.29) is 0 Å². The third-order valence-electron chi connectivity index (χ3n) is 1.58. The van der Waals surface area contributed by atoms with Crippen LogP contribution in [0.2, 0.25) is 0 Å². The van der Waals surface area contributed by atoms with Gasteiger partial charge in [-0.05, 0) is 19.4 Å². The first kappa shape index (κ1) is 9.51. The Morgan fingerprint density at radius 2 is 2.38 bits per heavy atom. The molecular formula is C9H14N4. The van der Waals surface area contributed by atoms with Gasteiger partial charge in [0, 0.05) is 18.8 Å². The summed E-state index contributed by atoms with van der Waals surface area (Å²) in [5.41, 5.74) is 1.91. The predicted molar refractivity (Wildman–Crippen MR) is 55.1 cm³/mol. The average molecular weight is 178 g/mol. The van der Waals surface area contributed by atoms with E-state index in [9.17, 15) is 0 Å². The number of aliphatic imine (C=N–C) groups is 1. The summed E-state index contributed by atoms with van der Waals surface area (Å²) in [6.07, 6.45) is 0. The van der Waals surface area contributed by atoms with Crippen LogP contribution in [0.25, 0.3) is 0 Å². The van der Waals surface area contributed by atoms with Crippen molar-refractivity contribution in [3.05, 3.63) is 23.9 Å². The van der Waals surface area contributed by atoms with Gasteiger partial charge in [0.15, 0.2) is 5.82 Å². The van der Waals surface area contributed by atoms with Crippen LogP contribution in [0.5, 0.6) is 0 Å². The Morgan fingerprint density at radius 3 is 2.77 bits per heavy atom. The second-order valence-electron chi connectivity index (χ2n) is 2.91. The van der Waals surface area contributed by atoms with Crippen molar-refractivity contribution < 1.29 is 0 Å². The molecule has 1 aromatic rings. The van der Waals surface area contributed by atoms with Gasteiger partial charge >= 0.3 is 0 Å². The molecule has 4 heteroatoms. The summed E-state index contributed by atoms with van der Waals surface area (Å²) in [5, 5.41) is 9.92. The van der Waals surface area contributed by atoms with Crippen LogP contribution in [0, 0.1) is 6.92 Å². The predicted octanol–water partition coefficient (Wildman–Crippen LogP) is 1.73. The molecule has 4 nitrogen and oxygen atoms in total. The Bertz CT molecular complexity index is 335. The van der Waals surface area contributed by atoms with Crippen molar-refractivity contribution in [2.24, 2.45) is 4.99 Å². The smallest absolute Gasteiger partial charge is 0.153 e. The van der Waals surface area contributed by atoms with E-state index in [4.69, 9.17) is 0 Å². The molecule has 2 N–H and O–H groups in total. The molecule has 0 amide bonds. The standard InChI is InChI=1S/C9H14N4/c1-6(2)9(10-4)11-8-5-7(3)12-13-8/h5H,1H2,2-4H3,(H2,10,11,12,13). The molecule has 70 valence electrons. The SMILES string of the molecule is C=C(C)C(=NC)Nc1cc(C)[nH]n1. The highest BCUT2D eigenvalue weighted by molar-refractivity contribution is 6.06. The average Bonchev–Trinajstić information content (AvgIpc) is 2.46. The van der Waals surface area contributed by atoms with E-state index >= 15 is 0 Å². The lowest BCUT2D eigenvalue weighted by atomic mass is 10.3. The first-order chi connectivity index (χ1) is 6.13. The monoisotopic (exact) mass is 178 g/mol. The lowest BCUT2D eigenvalue weighted by Crippen LogP contribution is -2.12. The topological polar surface area (TPSA) is 53.1 Å². The molecule has 0 saturated carbocycles. The Labute approximate surface area is 77.8 Å². The van der Waals surface area contributed by atoms with Gasteiger partial charge in [-0.15, -0.1) is 0 Å². The third kappa shape index (κ3) is 2.43. The summed E-state index contributed by atoms with van der Waals surface area (Å²) in [6, 6.07) is 1.91. The maximum absolute atomic E-state index is 4.04. The molecule has 1 rings (SSSR count). The van der Waals surface area contributed by atoms with Crippen molar-refractivity contribution >= 4 is 11.7 Å². The lowest BCUT2D eigenvalue weighted by Gasteiger charge is -2.04. The molecule has 0 aliphatic rings. The first-order valence-electron chi connectivity index (χ1n) is 4.05. The molecule has 0 spiro atoms. The van der Waals surface area contributed by atoms with Crippen molar-refractivity contribution in [1.82, 2.24) is 10.2 Å². The zero-order chi connectivity index (χ0) is 9.84. The fourth-order valence-corrected chi connectivity index (χ4v) is 0.957. The van der Waals surface area contributed by atoms with Crippen molar-refractivity contribution in [3.63, 3.8) is 0 Å². The zero-order valence-electron chi connectivity index (χ0n) is 8.18. The van der Waals surface area contributed by atoms with Gasteiger partial charge in [-0.1, -0.05) is 6.58 Å². The van der Waals surface area contributed by atoms with Gasteiger partial charge in [0.25, 0.3) is 0 Å². The number of aromatic nitrogens is 2. The Kier molecular flexibility index (Phi) is 2.84. The Balaban J connectivity index is 2.73. The van der Waals surface area contributed by atoms with E-state index in [0.29, 0.717) is 0 Å². The molecular weight excluding hydrogens is 164 g/mol. The molecule has 0 aliphatic carbocycles. The Morgan fingerprint density at radius 1 is 1.69 bits per heavy atom. The van der Waals surface area contributed by atoms with Gasteiger partial charge in [-0.3, -0.25) is 10.1 Å². The van der Waals surface area contributed by atoms with E-state index in [1.807, 2.05) is 19.9 Å². The number of nitrogens with one attached hydrogen (secondary N) is 2. The molecule has 0 aromatic carbocycles. The van der Waals surface area contributed by atoms with Crippen LogP contribution in [0.4, 0.5) is 5.82 Å². The number of nitrogens with zero attached hydrogens (tertiary/aromatic N) is 2. The summed E-state index contributed by atoms with van der Waals surface area (Å²) >= 11 is 0. The maximum atomic E-state index is 4.04. The number of H-pyrrole nitrogens is 1. The van der Waals surface area contributed by atoms with Crippen molar-refractivity contribution in [2.75, 3.05) is 12.4 Å². The second-order valence-corrected chi connectivity index (χ2v) is 2.91. The minimum absolute atomic E-state index is 0.756. The molecule has 0 unspecified atom stereocenters. The fourth-order valence-electron chi connectivity index (χ4n) is 0.957. The van der Waals surface area contributed by atoms with E-state index in [1.165, 1.54) is 0 Å². The number of amidine groups is 1. The van der Waals surface area contributed by atoms with Gasteiger partial charge < -0.3 is 5.32 Å². The van der Waals surface area contributed by atoms with Crippen molar-refractivity contribution in [1.29, 1.82) is 0 Å². The second kappa shape index (κ2) is 3.89. The van der Waals surface area contributed by atoms with Gasteiger partial charge in [0.05, 0.1) is 0 Å². The first-order valence-corrected chi connectivity index (χ1v) is 4.05. The lowest BCUT2D eigenvalue weighted by molar-refractivity contribution is 1.05. The number of anilines is 1. The normalized spacial score (nSPS) is 11.5. The summed E-state index contributed by atoms with van der Waals surface area (Å²) in [4.78, 5) is 4.04. The van der Waals surface area contributed by atoms with Gasteiger partial charge in [-0.2, -0.15) is 5.10 Å². The van der Waals surface area contributed by atoms with Crippen LogP contribution in [0.15, 0.2) is 23.2 Å². The van der Waals surface area contributed by atoms with E-state index in [2.05, 4.69) is 27.1 Å². The quantitative estimate of drug-likeness (QED) is 0.535. The van der Waals surface area contributed by atoms with Crippen LogP contribution in [-0.4, -0.2) is 23.1 Å². The van der Waals surface area contributed by atoms with Crippen molar-refractivity contribution in [2.45, 2.75) is 13.8 Å². The summed E-state index contributed by atoms with van der Waals surface area (Å²) in [7, 11) is 1.72. The number of hydrogen-bond donors (Lipinski definition) is 2. The molecule has 0 saturated heterocycles. The highest BCUT2D eigenvalue weighted by Crippen LogP contribution is 2.05. The highest BCUT2D eigenvalue weighted by Gasteiger charge is 2.01. The molecule has 1 heterocycles. The summed E-state index contributed by atoms with van der Waals surface area (Å²) < 4.78 is 0. The number of aromatic amines is 1. The maximum Gasteiger partial charge on any atom is 0.153 e. The zero-order valence-corrected chi connectivity index (χ0v) is 8.18. The molecule has 1 aromatic heterocycles. The summed E-state index contributed by atoms with van der Waals surface area (Å²) in [5.74, 6) is 1.52. The van der Waals surface area contributed by atoms with Crippen LogP contribution >= 0.6 is 0 Å². The van der Waals surface area contributed by atoms with E-state index in [0.717, 1.165) is 22.9 Å². The minimum atomic E-state index is 0.756. The largest absolute Gasteiger partial charge is 0.324 e. The molecule has 0 bridgehead atoms. The van der Waals surface area contributed by atoms with Crippen molar-refractivity contribution in [3.8, 4) is 0 Å². The minimum Gasteiger partial charge on any atom is -0.324 e. The summed E-state index contributed by atoms with van der Waals surface area (Å²) in [6.45, 7) is 7.64. The molecule has 13 heavy (non-hydrogen) atoms. The van der Waals surface area contributed by atoms with Gasteiger partial charge in [0.1, 0.15) is 5.84 Å². The van der Waals surface area contributed by atoms with Crippen LogP contribution < -0.4 is 5.32 Å². The molecule has 0 atom stereocenters. The van der Waals surface area contributed by atoms with E-state index < -0.39 is 0 Å². The number of hydrogen-bond acceptors (Lipinski definition) is 2. The van der Waals surface area contributed by atoms with E-state index in [1.54, 1.807) is 7.05 Å². The van der Waals surface area contributed by atoms with Crippen LogP contribution in [0.3, 0.4) is 0 Å². The third-order valence-corrected chi connectivity index (χ3v) is 1.58. The number of rotatable bonds is 2. The molecule has 0 radical (unpaired) electrons.